The van der Waals surface area contributed by atoms with E-state index >= 15 is 0 Å². The monoisotopic (exact) mass is 236 g/mol. The van der Waals surface area contributed by atoms with Crippen molar-refractivity contribution in [2.24, 2.45) is 0 Å². The third kappa shape index (κ3) is 4.59. The average molecular weight is 236 g/mol. The van der Waals surface area contributed by atoms with Crippen LogP contribution in [0, 0.1) is 6.92 Å². The number of hydrogen-bond donors (Lipinski definition) is 1. The first-order chi connectivity index (χ1) is 8.17. The Bertz CT molecular complexity index is 310. The molecule has 0 atom stereocenters. The largest absolute Gasteiger partial charge is 0.384 e. The van der Waals surface area contributed by atoms with Gasteiger partial charge in [-0.05, 0) is 19.8 Å². The van der Waals surface area contributed by atoms with Crippen LogP contribution < -0.4 is 10.6 Å². The highest BCUT2D eigenvalue weighted by molar-refractivity contribution is 5.46. The van der Waals surface area contributed by atoms with E-state index in [1.54, 1.807) is 0 Å². The first-order valence-corrected chi connectivity index (χ1v) is 6.53. The first-order valence-electron chi connectivity index (χ1n) is 6.53. The lowest BCUT2D eigenvalue weighted by molar-refractivity contribution is 0.669. The van der Waals surface area contributed by atoms with E-state index in [0.717, 1.165) is 24.7 Å². The van der Waals surface area contributed by atoms with Crippen LogP contribution in [-0.2, 0) is 0 Å². The van der Waals surface area contributed by atoms with Gasteiger partial charge in [-0.1, -0.05) is 26.7 Å². The van der Waals surface area contributed by atoms with Crippen molar-refractivity contribution in [1.82, 2.24) is 9.97 Å². The molecule has 2 N–H and O–H groups in total. The molecule has 1 aromatic heterocycles. The van der Waals surface area contributed by atoms with Gasteiger partial charge in [0.2, 0.25) is 0 Å². The fraction of sp³-hybridized carbons (Fsp3) is 0.692. The Kier molecular flexibility index (Phi) is 5.73. The van der Waals surface area contributed by atoms with Gasteiger partial charge in [0.25, 0.3) is 0 Å². The van der Waals surface area contributed by atoms with Crippen LogP contribution in [0.2, 0.25) is 0 Å². The minimum absolute atomic E-state index is 0.561. The number of hydrogen-bond acceptors (Lipinski definition) is 4. The van der Waals surface area contributed by atoms with E-state index in [4.69, 9.17) is 5.73 Å². The molecule has 0 bridgehead atoms. The van der Waals surface area contributed by atoms with Crippen LogP contribution in [0.25, 0.3) is 0 Å². The summed E-state index contributed by atoms with van der Waals surface area (Å²) in [6.45, 7) is 8.39. The molecule has 0 aliphatic heterocycles. The van der Waals surface area contributed by atoms with E-state index < -0.39 is 0 Å². The van der Waals surface area contributed by atoms with E-state index in [1.807, 2.05) is 13.0 Å². The molecule has 0 fully saturated rings. The highest BCUT2D eigenvalue weighted by Gasteiger charge is 2.08. The van der Waals surface area contributed by atoms with Gasteiger partial charge < -0.3 is 10.6 Å². The SMILES string of the molecule is CCCCN(CCCC)c1cc(N)nc(C)n1. The summed E-state index contributed by atoms with van der Waals surface area (Å²) in [7, 11) is 0. The van der Waals surface area contributed by atoms with Gasteiger partial charge in [0.1, 0.15) is 17.5 Å². The lowest BCUT2D eigenvalue weighted by Gasteiger charge is -2.23. The number of anilines is 2. The summed E-state index contributed by atoms with van der Waals surface area (Å²) in [5.41, 5.74) is 5.78. The predicted octanol–water partition coefficient (Wildman–Crippen LogP) is 2.77. The number of nitrogen functional groups attached to an aromatic ring is 1. The van der Waals surface area contributed by atoms with Crippen LogP contribution in [0.3, 0.4) is 0 Å². The van der Waals surface area contributed by atoms with Crippen molar-refractivity contribution in [3.8, 4) is 0 Å². The Morgan fingerprint density at radius 2 is 1.71 bits per heavy atom. The normalized spacial score (nSPS) is 10.5. The van der Waals surface area contributed by atoms with Crippen molar-refractivity contribution in [3.63, 3.8) is 0 Å². The molecule has 96 valence electrons. The Morgan fingerprint density at radius 3 is 2.18 bits per heavy atom. The standard InChI is InChI=1S/C13H24N4/c1-4-6-8-17(9-7-5-2)13-10-12(14)15-11(3)16-13/h10H,4-9H2,1-3H3,(H2,14,15,16). The number of aryl methyl sites for hydroxylation is 1. The summed E-state index contributed by atoms with van der Waals surface area (Å²) in [5.74, 6) is 2.28. The topological polar surface area (TPSA) is 55.0 Å². The van der Waals surface area contributed by atoms with Gasteiger partial charge in [0.15, 0.2) is 0 Å². The summed E-state index contributed by atoms with van der Waals surface area (Å²) >= 11 is 0. The molecule has 0 saturated carbocycles. The molecule has 4 heteroatoms. The zero-order valence-corrected chi connectivity index (χ0v) is 11.2. The second-order valence-electron chi connectivity index (χ2n) is 4.39. The fourth-order valence-electron chi connectivity index (χ4n) is 1.78. The summed E-state index contributed by atoms with van der Waals surface area (Å²) < 4.78 is 0. The van der Waals surface area contributed by atoms with Crippen LogP contribution in [-0.4, -0.2) is 23.1 Å². The average Bonchev–Trinajstić information content (AvgIpc) is 2.28. The van der Waals surface area contributed by atoms with Crippen molar-refractivity contribution in [2.45, 2.75) is 46.5 Å². The lowest BCUT2D eigenvalue weighted by atomic mass is 10.2. The second-order valence-corrected chi connectivity index (χ2v) is 4.39. The van der Waals surface area contributed by atoms with E-state index in [9.17, 15) is 0 Å². The van der Waals surface area contributed by atoms with Gasteiger partial charge in [0, 0.05) is 19.2 Å². The molecule has 0 aliphatic carbocycles. The Morgan fingerprint density at radius 1 is 1.12 bits per heavy atom. The van der Waals surface area contributed by atoms with Gasteiger partial charge in [0.05, 0.1) is 0 Å². The highest BCUT2D eigenvalue weighted by Crippen LogP contribution is 2.15. The molecule has 17 heavy (non-hydrogen) atoms. The van der Waals surface area contributed by atoms with Gasteiger partial charge in [-0.25, -0.2) is 9.97 Å². The minimum atomic E-state index is 0.561. The summed E-state index contributed by atoms with van der Waals surface area (Å²) in [4.78, 5) is 10.9. The quantitative estimate of drug-likeness (QED) is 0.791. The zero-order chi connectivity index (χ0) is 12.7. The number of nitrogens with two attached hydrogens (primary N) is 1. The van der Waals surface area contributed by atoms with Gasteiger partial charge >= 0.3 is 0 Å². The second kappa shape index (κ2) is 7.09. The highest BCUT2D eigenvalue weighted by atomic mass is 15.2. The molecular formula is C13H24N4. The van der Waals surface area contributed by atoms with Gasteiger partial charge in [-0.2, -0.15) is 0 Å². The van der Waals surface area contributed by atoms with Crippen LogP contribution in [0.15, 0.2) is 6.07 Å². The molecule has 0 unspecified atom stereocenters. The molecule has 0 spiro atoms. The summed E-state index contributed by atoms with van der Waals surface area (Å²) in [5, 5.41) is 0. The maximum atomic E-state index is 5.78. The molecule has 1 heterocycles. The minimum Gasteiger partial charge on any atom is -0.384 e. The van der Waals surface area contributed by atoms with E-state index in [1.165, 1.54) is 25.7 Å². The van der Waals surface area contributed by atoms with Crippen LogP contribution in [0.5, 0.6) is 0 Å². The van der Waals surface area contributed by atoms with Crippen molar-refractivity contribution in [2.75, 3.05) is 23.7 Å². The zero-order valence-electron chi connectivity index (χ0n) is 11.2. The van der Waals surface area contributed by atoms with Crippen molar-refractivity contribution >= 4 is 11.6 Å². The molecule has 0 aromatic carbocycles. The van der Waals surface area contributed by atoms with Gasteiger partial charge in [-0.3, -0.25) is 0 Å². The molecule has 1 rings (SSSR count). The smallest absolute Gasteiger partial charge is 0.134 e. The maximum absolute atomic E-state index is 5.78. The predicted molar refractivity (Wildman–Crippen MR) is 73.2 cm³/mol. The van der Waals surface area contributed by atoms with Crippen molar-refractivity contribution < 1.29 is 0 Å². The number of nitrogens with zero attached hydrogens (tertiary/aromatic N) is 3. The summed E-state index contributed by atoms with van der Waals surface area (Å²) in [6.07, 6.45) is 4.77. The molecule has 0 aliphatic rings. The van der Waals surface area contributed by atoms with E-state index in [0.29, 0.717) is 5.82 Å². The first kappa shape index (κ1) is 13.7. The Balaban J connectivity index is 2.78. The maximum Gasteiger partial charge on any atom is 0.134 e. The lowest BCUT2D eigenvalue weighted by Crippen LogP contribution is -2.27. The van der Waals surface area contributed by atoms with Crippen LogP contribution in [0.1, 0.15) is 45.4 Å². The number of unbranched alkanes of at least 4 members (excludes halogenated alkanes) is 2. The Labute approximate surface area is 104 Å². The van der Waals surface area contributed by atoms with E-state index in [2.05, 4.69) is 28.7 Å². The molecule has 0 amide bonds. The molecule has 4 nitrogen and oxygen atoms in total. The van der Waals surface area contributed by atoms with Crippen LogP contribution in [0.4, 0.5) is 11.6 Å². The fourth-order valence-corrected chi connectivity index (χ4v) is 1.78. The molecular weight excluding hydrogens is 212 g/mol. The van der Waals surface area contributed by atoms with Crippen molar-refractivity contribution in [1.29, 1.82) is 0 Å². The third-order valence-electron chi connectivity index (χ3n) is 2.73. The number of aromatic nitrogens is 2. The van der Waals surface area contributed by atoms with Crippen LogP contribution >= 0.6 is 0 Å². The van der Waals surface area contributed by atoms with E-state index in [-0.39, 0.29) is 0 Å². The molecule has 0 saturated heterocycles. The molecule has 1 aromatic rings. The third-order valence-corrected chi connectivity index (χ3v) is 2.73. The van der Waals surface area contributed by atoms with Crippen molar-refractivity contribution in [3.05, 3.63) is 11.9 Å². The number of rotatable bonds is 7. The Hall–Kier alpha value is -1.32. The molecule has 0 radical (unpaired) electrons. The van der Waals surface area contributed by atoms with Gasteiger partial charge in [-0.15, -0.1) is 0 Å². The summed E-state index contributed by atoms with van der Waals surface area (Å²) in [6, 6.07) is 1.87.